The summed E-state index contributed by atoms with van der Waals surface area (Å²) in [5.74, 6) is 2.75. The van der Waals surface area contributed by atoms with Crippen LogP contribution in [0.3, 0.4) is 0 Å². The first kappa shape index (κ1) is 13.2. The molecule has 3 aliphatic rings. The largest absolute Gasteiger partial charge is 0.317 e. The lowest BCUT2D eigenvalue weighted by Crippen LogP contribution is -2.58. The molecule has 3 nitrogen and oxygen atoms in total. The maximum absolute atomic E-state index is 3.53. The molecule has 4 heteroatoms. The van der Waals surface area contributed by atoms with Gasteiger partial charge in [0.15, 0.2) is 0 Å². The zero-order valence-corrected chi connectivity index (χ0v) is 12.5. The third kappa shape index (κ3) is 2.58. The lowest BCUT2D eigenvalue weighted by molar-refractivity contribution is 0.0559. The molecule has 3 saturated heterocycles. The standard InChI is InChI=1S/C14H27N3S/c1-16-8-2-9-17(13-3-10-18-11-13)12-14(16)4-6-15-7-5-14/h13,15H,2-12H2,1H3. The van der Waals surface area contributed by atoms with Gasteiger partial charge in [-0.1, -0.05) is 0 Å². The van der Waals surface area contributed by atoms with Crippen molar-refractivity contribution in [3.05, 3.63) is 0 Å². The maximum atomic E-state index is 3.53. The van der Waals surface area contributed by atoms with Gasteiger partial charge in [-0.05, 0) is 64.7 Å². The summed E-state index contributed by atoms with van der Waals surface area (Å²) in [4.78, 5) is 5.50. The van der Waals surface area contributed by atoms with Crippen molar-refractivity contribution in [1.29, 1.82) is 0 Å². The lowest BCUT2D eigenvalue weighted by atomic mass is 9.86. The van der Waals surface area contributed by atoms with Gasteiger partial charge in [0.2, 0.25) is 0 Å². The minimum absolute atomic E-state index is 0.467. The second-order valence-corrected chi connectivity index (χ2v) is 7.39. The predicted octanol–water partition coefficient (Wildman–Crippen LogP) is 1.25. The number of piperidine rings is 1. The Morgan fingerprint density at radius 3 is 2.78 bits per heavy atom. The summed E-state index contributed by atoms with van der Waals surface area (Å²) >= 11 is 2.15. The van der Waals surface area contributed by atoms with E-state index < -0.39 is 0 Å². The van der Waals surface area contributed by atoms with Crippen molar-refractivity contribution >= 4 is 11.8 Å². The Morgan fingerprint density at radius 2 is 2.06 bits per heavy atom. The van der Waals surface area contributed by atoms with Crippen LogP contribution in [0.4, 0.5) is 0 Å². The van der Waals surface area contributed by atoms with Gasteiger partial charge in [-0.25, -0.2) is 0 Å². The molecular weight excluding hydrogens is 242 g/mol. The molecule has 0 aromatic rings. The summed E-state index contributed by atoms with van der Waals surface area (Å²) in [6, 6.07) is 0.869. The third-order valence-corrected chi connectivity index (χ3v) is 6.35. The molecule has 0 aromatic heterocycles. The van der Waals surface area contributed by atoms with E-state index in [0.717, 1.165) is 6.04 Å². The van der Waals surface area contributed by atoms with Crippen LogP contribution in [0.15, 0.2) is 0 Å². The third-order valence-electron chi connectivity index (χ3n) is 5.20. The molecule has 3 fully saturated rings. The fraction of sp³-hybridized carbons (Fsp3) is 1.00. The number of hydrogen-bond donors (Lipinski definition) is 1. The molecule has 0 aliphatic carbocycles. The Morgan fingerprint density at radius 1 is 1.22 bits per heavy atom. The van der Waals surface area contributed by atoms with Crippen molar-refractivity contribution in [3.8, 4) is 0 Å². The molecule has 1 unspecified atom stereocenters. The van der Waals surface area contributed by atoms with Gasteiger partial charge in [0, 0.05) is 23.9 Å². The molecular formula is C14H27N3S. The topological polar surface area (TPSA) is 18.5 Å². The normalized spacial score (nSPS) is 34.8. The Bertz CT molecular complexity index is 272. The van der Waals surface area contributed by atoms with E-state index in [9.17, 15) is 0 Å². The molecule has 3 heterocycles. The van der Waals surface area contributed by atoms with Gasteiger partial charge in [0.05, 0.1) is 0 Å². The monoisotopic (exact) mass is 269 g/mol. The van der Waals surface area contributed by atoms with Gasteiger partial charge in [-0.3, -0.25) is 9.80 Å². The fourth-order valence-corrected chi connectivity index (χ4v) is 5.13. The van der Waals surface area contributed by atoms with Crippen LogP contribution >= 0.6 is 11.8 Å². The molecule has 3 aliphatic heterocycles. The van der Waals surface area contributed by atoms with Crippen LogP contribution in [0, 0.1) is 0 Å². The molecule has 0 aromatic carbocycles. The number of likely N-dealkylation sites (N-methyl/N-ethyl adjacent to an activating group) is 1. The van der Waals surface area contributed by atoms with Crippen molar-refractivity contribution in [2.75, 3.05) is 51.3 Å². The average Bonchev–Trinajstić information content (AvgIpc) is 2.88. The van der Waals surface area contributed by atoms with E-state index >= 15 is 0 Å². The predicted molar refractivity (Wildman–Crippen MR) is 79.4 cm³/mol. The number of nitrogens with zero attached hydrogens (tertiary/aromatic N) is 2. The van der Waals surface area contributed by atoms with Gasteiger partial charge in [0.1, 0.15) is 0 Å². The highest BCUT2D eigenvalue weighted by Crippen LogP contribution is 2.32. The van der Waals surface area contributed by atoms with Gasteiger partial charge in [-0.2, -0.15) is 11.8 Å². The summed E-state index contributed by atoms with van der Waals surface area (Å²) in [5, 5.41) is 3.53. The maximum Gasteiger partial charge on any atom is 0.0357 e. The highest BCUT2D eigenvalue weighted by Gasteiger charge is 2.40. The van der Waals surface area contributed by atoms with Gasteiger partial charge in [0.25, 0.3) is 0 Å². The number of rotatable bonds is 1. The van der Waals surface area contributed by atoms with Gasteiger partial charge in [-0.15, -0.1) is 0 Å². The minimum atomic E-state index is 0.467. The molecule has 0 bridgehead atoms. The summed E-state index contributed by atoms with van der Waals surface area (Å²) < 4.78 is 0. The molecule has 0 saturated carbocycles. The molecule has 1 N–H and O–H groups in total. The first-order valence-electron chi connectivity index (χ1n) is 7.54. The highest BCUT2D eigenvalue weighted by atomic mass is 32.2. The SMILES string of the molecule is CN1CCCN(C2CCSC2)CC12CCNCC2. The Hall–Kier alpha value is 0.230. The molecule has 18 heavy (non-hydrogen) atoms. The minimum Gasteiger partial charge on any atom is -0.317 e. The Labute approximate surface area is 116 Å². The molecule has 1 spiro atoms. The van der Waals surface area contributed by atoms with Crippen molar-refractivity contribution in [2.24, 2.45) is 0 Å². The summed E-state index contributed by atoms with van der Waals surface area (Å²) in [7, 11) is 2.36. The van der Waals surface area contributed by atoms with E-state index in [1.165, 1.54) is 69.9 Å². The zero-order chi connectivity index (χ0) is 12.4. The number of hydrogen-bond acceptors (Lipinski definition) is 4. The van der Waals surface area contributed by atoms with E-state index in [1.54, 1.807) is 0 Å². The Kier molecular flexibility index (Phi) is 4.18. The number of nitrogens with one attached hydrogen (secondary N) is 1. The molecule has 1 atom stereocenters. The van der Waals surface area contributed by atoms with Crippen LogP contribution < -0.4 is 5.32 Å². The van der Waals surface area contributed by atoms with Crippen molar-refractivity contribution < 1.29 is 0 Å². The van der Waals surface area contributed by atoms with E-state index in [2.05, 4.69) is 33.9 Å². The lowest BCUT2D eigenvalue weighted by Gasteiger charge is -2.46. The van der Waals surface area contributed by atoms with Crippen molar-refractivity contribution in [3.63, 3.8) is 0 Å². The van der Waals surface area contributed by atoms with E-state index in [1.807, 2.05) is 0 Å². The zero-order valence-electron chi connectivity index (χ0n) is 11.7. The van der Waals surface area contributed by atoms with Crippen LogP contribution in [0.1, 0.15) is 25.7 Å². The summed E-state index contributed by atoms with van der Waals surface area (Å²) in [5.41, 5.74) is 0.467. The molecule has 0 radical (unpaired) electrons. The van der Waals surface area contributed by atoms with E-state index in [-0.39, 0.29) is 0 Å². The quantitative estimate of drug-likeness (QED) is 0.772. The van der Waals surface area contributed by atoms with Crippen molar-refractivity contribution in [2.45, 2.75) is 37.3 Å². The summed E-state index contributed by atoms with van der Waals surface area (Å²) in [6.07, 6.45) is 5.44. The molecule has 3 rings (SSSR count). The van der Waals surface area contributed by atoms with Gasteiger partial charge >= 0.3 is 0 Å². The van der Waals surface area contributed by atoms with Crippen LogP contribution in [-0.4, -0.2) is 72.7 Å². The Balaban J connectivity index is 1.73. The summed E-state index contributed by atoms with van der Waals surface area (Å²) in [6.45, 7) is 6.34. The molecule has 104 valence electrons. The first-order valence-corrected chi connectivity index (χ1v) is 8.69. The van der Waals surface area contributed by atoms with E-state index in [0.29, 0.717) is 5.54 Å². The number of thioether (sulfide) groups is 1. The average molecular weight is 269 g/mol. The molecule has 0 amide bonds. The second kappa shape index (κ2) is 5.70. The smallest absolute Gasteiger partial charge is 0.0357 e. The van der Waals surface area contributed by atoms with Crippen LogP contribution in [0.5, 0.6) is 0 Å². The fourth-order valence-electron chi connectivity index (χ4n) is 3.88. The highest BCUT2D eigenvalue weighted by molar-refractivity contribution is 7.99. The first-order chi connectivity index (χ1) is 8.80. The second-order valence-electron chi connectivity index (χ2n) is 6.24. The van der Waals surface area contributed by atoms with E-state index in [4.69, 9.17) is 0 Å². The van der Waals surface area contributed by atoms with Crippen LogP contribution in [0.2, 0.25) is 0 Å². The van der Waals surface area contributed by atoms with Crippen LogP contribution in [0.25, 0.3) is 0 Å². The van der Waals surface area contributed by atoms with Gasteiger partial charge < -0.3 is 5.32 Å². The van der Waals surface area contributed by atoms with Crippen molar-refractivity contribution in [1.82, 2.24) is 15.1 Å². The van der Waals surface area contributed by atoms with Crippen LogP contribution in [-0.2, 0) is 0 Å².